The van der Waals surface area contributed by atoms with E-state index in [-0.39, 0.29) is 18.1 Å². The van der Waals surface area contributed by atoms with Gasteiger partial charge < -0.3 is 10.1 Å². The van der Waals surface area contributed by atoms with Crippen LogP contribution in [0.2, 0.25) is 0 Å². The molecule has 0 aliphatic carbocycles. The number of carbonyl (C=O) groups is 2. The van der Waals surface area contributed by atoms with Crippen molar-refractivity contribution in [3.8, 4) is 0 Å². The molecule has 1 fully saturated rings. The lowest BCUT2D eigenvalue weighted by Gasteiger charge is -2.15. The first-order valence-electron chi connectivity index (χ1n) is 6.94. The highest BCUT2D eigenvalue weighted by Crippen LogP contribution is 2.24. The van der Waals surface area contributed by atoms with Crippen LogP contribution in [0, 0.1) is 6.92 Å². The average Bonchev–Trinajstić information content (AvgIpc) is 2.80. The second kappa shape index (κ2) is 6.43. The van der Waals surface area contributed by atoms with Crippen molar-refractivity contribution in [2.75, 3.05) is 18.0 Å². The van der Waals surface area contributed by atoms with E-state index in [4.69, 9.17) is 4.74 Å². The van der Waals surface area contributed by atoms with E-state index in [2.05, 4.69) is 11.9 Å². The van der Waals surface area contributed by atoms with Crippen molar-refractivity contribution in [3.63, 3.8) is 0 Å². The molecule has 112 valence electrons. The van der Waals surface area contributed by atoms with E-state index in [1.807, 2.05) is 31.2 Å². The maximum atomic E-state index is 12.0. The summed E-state index contributed by atoms with van der Waals surface area (Å²) in [5.74, 6) is -0.131. The van der Waals surface area contributed by atoms with Gasteiger partial charge in [0, 0.05) is 12.6 Å². The molecule has 1 aromatic rings. The summed E-state index contributed by atoms with van der Waals surface area (Å²) in [4.78, 5) is 24.5. The molecule has 2 rings (SSSR count). The number of rotatable bonds is 5. The number of aryl methyl sites for hydroxylation is 1. The van der Waals surface area contributed by atoms with Gasteiger partial charge in [-0.1, -0.05) is 12.1 Å². The molecule has 5 heteroatoms. The first-order chi connectivity index (χ1) is 10.0. The number of anilines is 1. The van der Waals surface area contributed by atoms with Crippen LogP contribution in [0.4, 0.5) is 10.5 Å². The highest BCUT2D eigenvalue weighted by atomic mass is 16.6. The third kappa shape index (κ3) is 3.62. The smallest absolute Gasteiger partial charge is 0.414 e. The van der Waals surface area contributed by atoms with Crippen LogP contribution in [-0.4, -0.2) is 31.2 Å². The maximum Gasteiger partial charge on any atom is 0.414 e. The number of carbonyl (C=O) groups excluding carboxylic acids is 2. The lowest BCUT2D eigenvalue weighted by atomic mass is 10.0. The summed E-state index contributed by atoms with van der Waals surface area (Å²) in [7, 11) is 0. The summed E-state index contributed by atoms with van der Waals surface area (Å²) in [6, 6.07) is 5.88. The van der Waals surface area contributed by atoms with Gasteiger partial charge in [-0.25, -0.2) is 4.79 Å². The number of allylic oxidation sites excluding steroid dienone is 1. The zero-order valence-electron chi connectivity index (χ0n) is 12.4. The largest absolute Gasteiger partial charge is 0.442 e. The second-order valence-corrected chi connectivity index (χ2v) is 5.16. The molecular weight excluding hydrogens is 268 g/mol. The number of cyclic esters (lactones) is 1. The van der Waals surface area contributed by atoms with Gasteiger partial charge in [0.25, 0.3) is 0 Å². The van der Waals surface area contributed by atoms with Gasteiger partial charge in [0.2, 0.25) is 5.91 Å². The summed E-state index contributed by atoms with van der Waals surface area (Å²) in [6.45, 7) is 8.00. The Kier molecular flexibility index (Phi) is 4.62. The molecule has 0 radical (unpaired) electrons. The van der Waals surface area contributed by atoms with Gasteiger partial charge >= 0.3 is 6.09 Å². The predicted molar refractivity (Wildman–Crippen MR) is 81.4 cm³/mol. The van der Waals surface area contributed by atoms with Gasteiger partial charge in [0.05, 0.1) is 13.1 Å². The Bertz CT molecular complexity index is 569. The highest BCUT2D eigenvalue weighted by Gasteiger charge is 2.32. The van der Waals surface area contributed by atoms with E-state index >= 15 is 0 Å². The molecule has 0 spiro atoms. The molecule has 0 bridgehead atoms. The number of hydrogen-bond donors (Lipinski definition) is 1. The fraction of sp³-hybridized carbons (Fsp3) is 0.375. The third-order valence-corrected chi connectivity index (χ3v) is 3.46. The van der Waals surface area contributed by atoms with Crippen molar-refractivity contribution in [2.45, 2.75) is 26.4 Å². The number of hydrogen-bond acceptors (Lipinski definition) is 3. The zero-order valence-corrected chi connectivity index (χ0v) is 12.4. The van der Waals surface area contributed by atoms with Crippen LogP contribution in [-0.2, 0) is 16.0 Å². The van der Waals surface area contributed by atoms with Crippen molar-refractivity contribution < 1.29 is 14.3 Å². The van der Waals surface area contributed by atoms with Gasteiger partial charge in [-0.2, -0.15) is 0 Å². The lowest BCUT2D eigenvalue weighted by molar-refractivity contribution is -0.119. The predicted octanol–water partition coefficient (Wildman–Crippen LogP) is 2.18. The molecule has 1 atom stereocenters. The number of benzene rings is 1. The minimum absolute atomic E-state index is 0.131. The summed E-state index contributed by atoms with van der Waals surface area (Å²) in [5, 5.41) is 2.66. The Morgan fingerprint density at radius 3 is 3.00 bits per heavy atom. The SMILES string of the molecule is C=CCc1cc(N2C[C@H](CNC(C)=O)OC2=O)ccc1C. The molecule has 1 saturated heterocycles. The first kappa shape index (κ1) is 15.1. The zero-order chi connectivity index (χ0) is 15.4. The number of amides is 2. The van der Waals surface area contributed by atoms with Gasteiger partial charge in [-0.05, 0) is 36.6 Å². The minimum atomic E-state index is -0.376. The molecule has 1 heterocycles. The number of nitrogens with zero attached hydrogens (tertiary/aromatic N) is 1. The molecule has 0 saturated carbocycles. The fourth-order valence-electron chi connectivity index (χ4n) is 2.30. The van der Waals surface area contributed by atoms with E-state index < -0.39 is 0 Å². The van der Waals surface area contributed by atoms with Crippen LogP contribution in [0.25, 0.3) is 0 Å². The summed E-state index contributed by atoms with van der Waals surface area (Å²) < 4.78 is 5.26. The van der Waals surface area contributed by atoms with Crippen molar-refractivity contribution in [3.05, 3.63) is 42.0 Å². The molecule has 1 aromatic carbocycles. The van der Waals surface area contributed by atoms with Crippen molar-refractivity contribution in [1.29, 1.82) is 0 Å². The Hall–Kier alpha value is -2.30. The standard InChI is InChI=1S/C16H20N2O3/c1-4-5-13-8-14(7-6-11(13)2)18-10-15(21-16(18)20)9-17-12(3)19/h4,6-8,15H,1,5,9-10H2,2-3H3,(H,17,19)/t15-/m0/s1. The Balaban J connectivity index is 2.11. The van der Waals surface area contributed by atoms with E-state index in [9.17, 15) is 9.59 Å². The molecule has 0 aromatic heterocycles. The van der Waals surface area contributed by atoms with Crippen LogP contribution in [0.15, 0.2) is 30.9 Å². The minimum Gasteiger partial charge on any atom is -0.442 e. The van der Waals surface area contributed by atoms with Crippen molar-refractivity contribution in [2.24, 2.45) is 0 Å². The molecule has 1 N–H and O–H groups in total. The summed E-state index contributed by atoms with van der Waals surface area (Å²) in [6.07, 6.45) is 1.91. The number of ether oxygens (including phenoxy) is 1. The summed E-state index contributed by atoms with van der Waals surface area (Å²) >= 11 is 0. The van der Waals surface area contributed by atoms with Crippen LogP contribution in [0.1, 0.15) is 18.1 Å². The van der Waals surface area contributed by atoms with E-state index in [0.717, 1.165) is 17.7 Å². The van der Waals surface area contributed by atoms with Gasteiger partial charge in [-0.15, -0.1) is 6.58 Å². The Labute approximate surface area is 124 Å². The monoisotopic (exact) mass is 288 g/mol. The van der Waals surface area contributed by atoms with Crippen LogP contribution < -0.4 is 10.2 Å². The maximum absolute atomic E-state index is 12.0. The Morgan fingerprint density at radius 2 is 2.33 bits per heavy atom. The average molecular weight is 288 g/mol. The van der Waals surface area contributed by atoms with Gasteiger partial charge in [0.15, 0.2) is 0 Å². The quantitative estimate of drug-likeness (QED) is 0.845. The topological polar surface area (TPSA) is 58.6 Å². The molecule has 5 nitrogen and oxygen atoms in total. The normalized spacial score (nSPS) is 17.5. The van der Waals surface area contributed by atoms with E-state index in [1.54, 1.807) is 4.90 Å². The molecular formula is C16H20N2O3. The van der Waals surface area contributed by atoms with Crippen molar-refractivity contribution >= 4 is 17.7 Å². The Morgan fingerprint density at radius 1 is 1.57 bits per heavy atom. The van der Waals surface area contributed by atoms with E-state index in [0.29, 0.717) is 13.1 Å². The fourth-order valence-corrected chi connectivity index (χ4v) is 2.30. The van der Waals surface area contributed by atoms with Gasteiger partial charge in [-0.3, -0.25) is 9.69 Å². The summed E-state index contributed by atoms with van der Waals surface area (Å²) in [5.41, 5.74) is 3.12. The second-order valence-electron chi connectivity index (χ2n) is 5.16. The first-order valence-corrected chi connectivity index (χ1v) is 6.94. The van der Waals surface area contributed by atoms with E-state index in [1.165, 1.54) is 12.5 Å². The molecule has 1 aliphatic heterocycles. The molecule has 0 unspecified atom stereocenters. The molecule has 1 aliphatic rings. The highest BCUT2D eigenvalue weighted by molar-refractivity contribution is 5.90. The van der Waals surface area contributed by atoms with Crippen molar-refractivity contribution in [1.82, 2.24) is 5.32 Å². The lowest BCUT2D eigenvalue weighted by Crippen LogP contribution is -2.33. The third-order valence-electron chi connectivity index (χ3n) is 3.46. The molecule has 2 amide bonds. The molecule has 21 heavy (non-hydrogen) atoms. The van der Waals surface area contributed by atoms with Crippen LogP contribution >= 0.6 is 0 Å². The van der Waals surface area contributed by atoms with Crippen LogP contribution in [0.5, 0.6) is 0 Å². The van der Waals surface area contributed by atoms with Crippen LogP contribution in [0.3, 0.4) is 0 Å². The van der Waals surface area contributed by atoms with Gasteiger partial charge in [0.1, 0.15) is 6.10 Å². The number of nitrogens with one attached hydrogen (secondary N) is 1.